The molecule has 0 radical (unpaired) electrons. The van der Waals surface area contributed by atoms with Gasteiger partial charge in [-0.3, -0.25) is 18.8 Å². The molecule has 0 amide bonds. The first-order valence-corrected chi connectivity index (χ1v) is 7.40. The van der Waals surface area contributed by atoms with E-state index in [4.69, 9.17) is 0 Å². The summed E-state index contributed by atoms with van der Waals surface area (Å²) in [5, 5.41) is 4.47. The fraction of sp³-hybridized carbons (Fsp3) is 0.222. The Morgan fingerprint density at radius 2 is 1.96 bits per heavy atom. The van der Waals surface area contributed by atoms with Crippen molar-refractivity contribution in [2.24, 2.45) is 14.1 Å². The number of benzene rings is 1. The van der Waals surface area contributed by atoms with Crippen molar-refractivity contribution in [2.75, 3.05) is 0 Å². The number of hydrogen-bond donors (Lipinski definition) is 0. The average molecular weight is 320 g/mol. The van der Waals surface area contributed by atoms with Gasteiger partial charge in [0, 0.05) is 25.9 Å². The highest BCUT2D eigenvalue weighted by Gasteiger charge is 2.14. The number of carbonyl (C=O) groups excluding carboxylic acids is 1. The van der Waals surface area contributed by atoms with E-state index in [0.717, 1.165) is 11.1 Å². The molecule has 3 rings (SSSR count). The molecule has 0 N–H and O–H groups in total. The highest BCUT2D eigenvalue weighted by molar-refractivity contribution is 6.05. The summed E-state index contributed by atoms with van der Waals surface area (Å²) < 4.78 is 3.04. The molecule has 24 heavy (non-hydrogen) atoms. The maximum absolute atomic E-state index is 12.6. The van der Waals surface area contributed by atoms with Crippen molar-refractivity contribution in [2.45, 2.75) is 13.8 Å². The van der Waals surface area contributed by atoms with Gasteiger partial charge in [-0.15, -0.1) is 0 Å². The fourth-order valence-corrected chi connectivity index (χ4v) is 2.51. The Labute approximate surface area is 138 Å². The van der Waals surface area contributed by atoms with Crippen LogP contribution in [-0.4, -0.2) is 25.1 Å². The van der Waals surface area contributed by atoms with Gasteiger partial charge in [0.2, 0.25) is 0 Å². The lowest BCUT2D eigenvalue weighted by Crippen LogP contribution is -2.22. The molecule has 0 spiro atoms. The van der Waals surface area contributed by atoms with E-state index in [2.05, 4.69) is 21.9 Å². The lowest BCUT2D eigenvalue weighted by molar-refractivity contribution is 0.101. The summed E-state index contributed by atoms with van der Waals surface area (Å²) >= 11 is 0. The molecule has 3 aromatic rings. The highest BCUT2D eigenvalue weighted by atomic mass is 16.1. The number of ketones is 1. The molecule has 0 fully saturated rings. The van der Waals surface area contributed by atoms with Gasteiger partial charge in [-0.25, -0.2) is 4.98 Å². The predicted octanol–water partition coefficient (Wildman–Crippen LogP) is 1.58. The summed E-state index contributed by atoms with van der Waals surface area (Å²) in [5.74, 6) is 6.01. The van der Waals surface area contributed by atoms with Gasteiger partial charge < -0.3 is 0 Å². The molecule has 0 atom stereocenters. The van der Waals surface area contributed by atoms with Gasteiger partial charge in [0.15, 0.2) is 11.6 Å². The Hall–Kier alpha value is -3.20. The van der Waals surface area contributed by atoms with Crippen LogP contribution in [0.1, 0.15) is 34.2 Å². The Bertz CT molecular complexity index is 1090. The van der Waals surface area contributed by atoms with Crippen molar-refractivity contribution >= 4 is 16.7 Å². The van der Waals surface area contributed by atoms with Gasteiger partial charge in [-0.2, -0.15) is 5.10 Å². The van der Waals surface area contributed by atoms with Crippen molar-refractivity contribution in [3.05, 3.63) is 57.4 Å². The number of nitrogens with zero attached hydrogens (tertiary/aromatic N) is 4. The normalized spacial score (nSPS) is 10.5. The van der Waals surface area contributed by atoms with Crippen LogP contribution in [0, 0.1) is 18.8 Å². The number of carbonyl (C=O) groups is 1. The zero-order valence-corrected chi connectivity index (χ0v) is 13.9. The fourth-order valence-electron chi connectivity index (χ4n) is 2.51. The molecular formula is C18H16N4O2. The van der Waals surface area contributed by atoms with E-state index in [9.17, 15) is 9.59 Å². The molecule has 0 unspecified atom stereocenters. The highest BCUT2D eigenvalue weighted by Crippen LogP contribution is 2.17. The van der Waals surface area contributed by atoms with Crippen LogP contribution in [0.5, 0.6) is 0 Å². The maximum Gasteiger partial charge on any atom is 0.261 e. The molecule has 0 aliphatic carbocycles. The topological polar surface area (TPSA) is 69.8 Å². The van der Waals surface area contributed by atoms with E-state index in [1.165, 1.54) is 11.5 Å². The second-order valence-electron chi connectivity index (χ2n) is 5.72. The summed E-state index contributed by atoms with van der Waals surface area (Å²) in [6, 6.07) is 3.49. The Kier molecular flexibility index (Phi) is 3.78. The number of aryl methyl sites for hydroxylation is 2. The van der Waals surface area contributed by atoms with Crippen LogP contribution in [0.3, 0.4) is 0 Å². The van der Waals surface area contributed by atoms with Crippen molar-refractivity contribution in [1.82, 2.24) is 19.3 Å². The number of rotatable bonds is 1. The van der Waals surface area contributed by atoms with Gasteiger partial charge in [0.25, 0.3) is 5.56 Å². The minimum absolute atomic E-state index is 0.129. The Morgan fingerprint density at radius 1 is 1.21 bits per heavy atom. The lowest BCUT2D eigenvalue weighted by Gasteiger charge is -2.08. The van der Waals surface area contributed by atoms with Crippen molar-refractivity contribution in [1.29, 1.82) is 0 Å². The third kappa shape index (κ3) is 2.72. The molecule has 0 aliphatic rings. The van der Waals surface area contributed by atoms with Crippen LogP contribution in [0.25, 0.3) is 10.9 Å². The van der Waals surface area contributed by atoms with Crippen LogP contribution >= 0.6 is 0 Å². The van der Waals surface area contributed by atoms with Gasteiger partial charge in [0.05, 0.1) is 22.7 Å². The van der Waals surface area contributed by atoms with Crippen molar-refractivity contribution < 1.29 is 4.79 Å². The van der Waals surface area contributed by atoms with E-state index in [1.807, 2.05) is 6.92 Å². The minimum Gasteiger partial charge on any atom is -0.294 e. The first kappa shape index (κ1) is 15.7. The Morgan fingerprint density at radius 3 is 2.58 bits per heavy atom. The van der Waals surface area contributed by atoms with E-state index in [-0.39, 0.29) is 11.3 Å². The number of hydrogen-bond acceptors (Lipinski definition) is 4. The molecule has 0 saturated carbocycles. The summed E-state index contributed by atoms with van der Waals surface area (Å²) in [6.45, 7) is 3.32. The number of fused-ring (bicyclic) bond motifs is 1. The van der Waals surface area contributed by atoms with Crippen LogP contribution < -0.4 is 5.56 Å². The van der Waals surface area contributed by atoms with Gasteiger partial charge >= 0.3 is 0 Å². The van der Waals surface area contributed by atoms with Crippen molar-refractivity contribution in [3.8, 4) is 11.8 Å². The molecule has 6 nitrogen and oxygen atoms in total. The SMILES string of the molecule is CC(=O)c1cc(C)cc2c(=O)n(C)c(C#Cc3cnn(C)c3)nc12. The monoisotopic (exact) mass is 320 g/mol. The molecule has 1 aromatic carbocycles. The summed E-state index contributed by atoms with van der Waals surface area (Å²) in [4.78, 5) is 29.0. The van der Waals surface area contributed by atoms with Gasteiger partial charge in [-0.1, -0.05) is 5.92 Å². The summed E-state index contributed by atoms with van der Waals surface area (Å²) in [5.41, 5.74) is 2.18. The lowest BCUT2D eigenvalue weighted by atomic mass is 10.0. The maximum atomic E-state index is 12.6. The second-order valence-corrected chi connectivity index (χ2v) is 5.72. The van der Waals surface area contributed by atoms with Crippen LogP contribution in [0.2, 0.25) is 0 Å². The number of aromatic nitrogens is 4. The summed E-state index contributed by atoms with van der Waals surface area (Å²) in [6.07, 6.45) is 3.41. The first-order valence-electron chi connectivity index (χ1n) is 7.40. The molecule has 0 saturated heterocycles. The average Bonchev–Trinajstić information content (AvgIpc) is 2.95. The standard InChI is InChI=1S/C18H16N4O2/c1-11-7-14(12(2)23)17-15(8-11)18(24)22(4)16(20-17)6-5-13-9-19-21(3)10-13/h7-10H,1-4H3. The van der Waals surface area contributed by atoms with Gasteiger partial charge in [0.1, 0.15) is 0 Å². The van der Waals surface area contributed by atoms with Crippen LogP contribution in [0.4, 0.5) is 0 Å². The minimum atomic E-state index is -0.221. The quantitative estimate of drug-likeness (QED) is 0.504. The zero-order valence-electron chi connectivity index (χ0n) is 13.9. The molecule has 6 heteroatoms. The van der Waals surface area contributed by atoms with Gasteiger partial charge in [-0.05, 0) is 37.5 Å². The molecule has 2 heterocycles. The van der Waals surface area contributed by atoms with Crippen LogP contribution in [-0.2, 0) is 14.1 Å². The molecule has 0 aliphatic heterocycles. The van der Waals surface area contributed by atoms with E-state index < -0.39 is 0 Å². The molecule has 0 bridgehead atoms. The molecule has 120 valence electrons. The van der Waals surface area contributed by atoms with E-state index in [0.29, 0.717) is 22.3 Å². The Balaban J connectivity index is 2.27. The first-order chi connectivity index (χ1) is 11.4. The number of Topliss-reactive ketones (excluding diaryl/α,β-unsaturated/α-hetero) is 1. The van der Waals surface area contributed by atoms with Crippen LogP contribution in [0.15, 0.2) is 29.3 Å². The second kappa shape index (κ2) is 5.78. The molecule has 2 aromatic heterocycles. The van der Waals surface area contributed by atoms with Crippen molar-refractivity contribution in [3.63, 3.8) is 0 Å². The third-order valence-corrected chi connectivity index (χ3v) is 3.73. The zero-order chi connectivity index (χ0) is 17.4. The smallest absolute Gasteiger partial charge is 0.261 e. The summed E-state index contributed by atoms with van der Waals surface area (Å²) in [7, 11) is 3.43. The third-order valence-electron chi connectivity index (χ3n) is 3.73. The molecular weight excluding hydrogens is 304 g/mol. The predicted molar refractivity (Wildman–Crippen MR) is 90.9 cm³/mol. The largest absolute Gasteiger partial charge is 0.294 e. The van der Waals surface area contributed by atoms with E-state index >= 15 is 0 Å². The van der Waals surface area contributed by atoms with E-state index in [1.54, 1.807) is 43.3 Å².